The van der Waals surface area contributed by atoms with Crippen molar-refractivity contribution >= 4 is 0 Å². The maximum Gasteiger partial charge on any atom is 0.0262 e. The Kier molecular flexibility index (Phi) is 4.22. The molecule has 1 aliphatic rings. The summed E-state index contributed by atoms with van der Waals surface area (Å²) in [5.41, 5.74) is 0.713. The molecule has 0 aromatic carbocycles. The average Bonchev–Trinajstić information content (AvgIpc) is 2.09. The van der Waals surface area contributed by atoms with Gasteiger partial charge >= 0.3 is 0 Å². The third kappa shape index (κ3) is 3.21. The van der Waals surface area contributed by atoms with Crippen LogP contribution in [0.3, 0.4) is 0 Å². The van der Waals surface area contributed by atoms with Crippen molar-refractivity contribution in [2.24, 2.45) is 0 Å². The number of hydrogen-bond acceptors (Lipinski definition) is 1. The predicted molar refractivity (Wildman–Crippen MR) is 67.7 cm³/mol. The zero-order chi connectivity index (χ0) is 11.5. The second kappa shape index (κ2) is 4.86. The molecule has 1 saturated heterocycles. The Morgan fingerprint density at radius 2 is 1.60 bits per heavy atom. The molecule has 0 spiro atoms. The van der Waals surface area contributed by atoms with E-state index in [4.69, 9.17) is 0 Å². The summed E-state index contributed by atoms with van der Waals surface area (Å²) < 4.78 is 0. The predicted octanol–water partition coefficient (Wildman–Crippen LogP) is 4.38. The Labute approximate surface area is 96.2 Å². The fourth-order valence-corrected chi connectivity index (χ4v) is 2.93. The lowest BCUT2D eigenvalue weighted by molar-refractivity contribution is -0.00217. The molecule has 0 aliphatic carbocycles. The van der Waals surface area contributed by atoms with Crippen molar-refractivity contribution in [3.8, 4) is 0 Å². The third-order valence-corrected chi connectivity index (χ3v) is 3.75. The fraction of sp³-hybridized carbons (Fsp3) is 0.929. The molecule has 1 radical (unpaired) electrons. The molecular formula is C14H28N. The SMILES string of the molecule is CCCC[CH]N1C(C)(C)CCCC1(C)C. The maximum absolute atomic E-state index is 2.62. The van der Waals surface area contributed by atoms with E-state index in [-0.39, 0.29) is 0 Å². The first-order valence-corrected chi connectivity index (χ1v) is 6.53. The van der Waals surface area contributed by atoms with Crippen LogP contribution in [0.5, 0.6) is 0 Å². The van der Waals surface area contributed by atoms with E-state index in [1.165, 1.54) is 38.5 Å². The Hall–Kier alpha value is -0.0400. The van der Waals surface area contributed by atoms with E-state index < -0.39 is 0 Å². The minimum Gasteiger partial charge on any atom is -0.289 e. The van der Waals surface area contributed by atoms with Gasteiger partial charge in [0.25, 0.3) is 0 Å². The molecule has 0 amide bonds. The second-order valence-corrected chi connectivity index (χ2v) is 6.17. The van der Waals surface area contributed by atoms with E-state index >= 15 is 0 Å². The average molecular weight is 210 g/mol. The Balaban J connectivity index is 2.60. The van der Waals surface area contributed by atoms with Gasteiger partial charge in [-0.05, 0) is 53.4 Å². The van der Waals surface area contributed by atoms with Crippen molar-refractivity contribution in [2.75, 3.05) is 0 Å². The largest absolute Gasteiger partial charge is 0.289 e. The lowest BCUT2D eigenvalue weighted by atomic mass is 9.79. The third-order valence-electron chi connectivity index (χ3n) is 3.75. The summed E-state index contributed by atoms with van der Waals surface area (Å²) in [6.07, 6.45) is 7.90. The molecule has 0 saturated carbocycles. The standard InChI is InChI=1S/C14H28N/c1-6-7-8-12-15-13(2,3)10-9-11-14(15,4)5/h12H,6-11H2,1-5H3. The highest BCUT2D eigenvalue weighted by Crippen LogP contribution is 2.39. The molecule has 1 heterocycles. The smallest absolute Gasteiger partial charge is 0.0262 e. The summed E-state index contributed by atoms with van der Waals surface area (Å²) in [5.74, 6) is 0. The van der Waals surface area contributed by atoms with Gasteiger partial charge in [0.15, 0.2) is 0 Å². The Bertz CT molecular complexity index is 178. The number of piperidine rings is 1. The van der Waals surface area contributed by atoms with Crippen molar-refractivity contribution in [3.05, 3.63) is 6.54 Å². The number of unbranched alkanes of at least 4 members (excludes halogenated alkanes) is 2. The molecule has 1 nitrogen and oxygen atoms in total. The lowest BCUT2D eigenvalue weighted by Gasteiger charge is -2.53. The molecule has 1 fully saturated rings. The van der Waals surface area contributed by atoms with E-state index in [0.717, 1.165) is 0 Å². The fourth-order valence-electron chi connectivity index (χ4n) is 2.93. The summed E-state index contributed by atoms with van der Waals surface area (Å²) in [6.45, 7) is 14.3. The summed E-state index contributed by atoms with van der Waals surface area (Å²) in [7, 11) is 0. The minimum absolute atomic E-state index is 0.357. The molecule has 0 bridgehead atoms. The molecule has 0 aromatic rings. The number of rotatable bonds is 4. The molecular weight excluding hydrogens is 182 g/mol. The van der Waals surface area contributed by atoms with Gasteiger partial charge in [0, 0.05) is 17.6 Å². The normalized spacial score (nSPS) is 25.4. The van der Waals surface area contributed by atoms with Gasteiger partial charge in [-0.25, -0.2) is 0 Å². The Morgan fingerprint density at radius 3 is 2.07 bits per heavy atom. The molecule has 0 N–H and O–H groups in total. The Morgan fingerprint density at radius 1 is 1.07 bits per heavy atom. The van der Waals surface area contributed by atoms with Crippen LogP contribution in [0.1, 0.15) is 73.1 Å². The number of likely N-dealkylation sites (tertiary alicyclic amines) is 1. The molecule has 15 heavy (non-hydrogen) atoms. The molecule has 0 atom stereocenters. The number of nitrogens with zero attached hydrogens (tertiary/aromatic N) is 1. The van der Waals surface area contributed by atoms with Crippen molar-refractivity contribution in [1.82, 2.24) is 4.90 Å². The molecule has 1 rings (SSSR count). The molecule has 0 unspecified atom stereocenters. The highest BCUT2D eigenvalue weighted by Gasteiger charge is 2.40. The highest BCUT2D eigenvalue weighted by atomic mass is 15.3. The van der Waals surface area contributed by atoms with Gasteiger partial charge in [-0.1, -0.05) is 19.8 Å². The van der Waals surface area contributed by atoms with E-state index in [1.54, 1.807) is 0 Å². The van der Waals surface area contributed by atoms with Gasteiger partial charge < -0.3 is 0 Å². The minimum atomic E-state index is 0.357. The van der Waals surface area contributed by atoms with Crippen LogP contribution in [0.15, 0.2) is 0 Å². The first kappa shape index (κ1) is 13.0. The maximum atomic E-state index is 2.62. The van der Waals surface area contributed by atoms with E-state index in [1.807, 2.05) is 0 Å². The van der Waals surface area contributed by atoms with Crippen LogP contribution in [0.4, 0.5) is 0 Å². The summed E-state index contributed by atoms with van der Waals surface area (Å²) in [4.78, 5) is 2.62. The first-order valence-electron chi connectivity index (χ1n) is 6.53. The zero-order valence-electron chi connectivity index (χ0n) is 11.3. The molecule has 1 aliphatic heterocycles. The number of hydrogen-bond donors (Lipinski definition) is 0. The van der Waals surface area contributed by atoms with Crippen LogP contribution in [0.25, 0.3) is 0 Å². The van der Waals surface area contributed by atoms with Gasteiger partial charge in [-0.3, -0.25) is 4.90 Å². The van der Waals surface area contributed by atoms with Crippen molar-refractivity contribution in [2.45, 2.75) is 84.2 Å². The van der Waals surface area contributed by atoms with Gasteiger partial charge in [0.1, 0.15) is 0 Å². The van der Waals surface area contributed by atoms with Gasteiger partial charge in [0.2, 0.25) is 0 Å². The van der Waals surface area contributed by atoms with E-state index in [9.17, 15) is 0 Å². The van der Waals surface area contributed by atoms with Crippen LogP contribution in [0.2, 0.25) is 0 Å². The van der Waals surface area contributed by atoms with E-state index in [0.29, 0.717) is 11.1 Å². The van der Waals surface area contributed by atoms with Gasteiger partial charge in [-0.15, -0.1) is 0 Å². The summed E-state index contributed by atoms with van der Waals surface area (Å²) in [6, 6.07) is 0. The quantitative estimate of drug-likeness (QED) is 0.622. The molecule has 89 valence electrons. The topological polar surface area (TPSA) is 3.24 Å². The van der Waals surface area contributed by atoms with Crippen LogP contribution < -0.4 is 0 Å². The van der Waals surface area contributed by atoms with E-state index in [2.05, 4.69) is 46.1 Å². The summed E-state index contributed by atoms with van der Waals surface area (Å²) >= 11 is 0. The van der Waals surface area contributed by atoms with Crippen LogP contribution in [0, 0.1) is 6.54 Å². The van der Waals surface area contributed by atoms with Crippen LogP contribution >= 0.6 is 0 Å². The van der Waals surface area contributed by atoms with Crippen molar-refractivity contribution in [1.29, 1.82) is 0 Å². The van der Waals surface area contributed by atoms with Gasteiger partial charge in [-0.2, -0.15) is 0 Å². The molecule has 1 heteroatoms. The monoisotopic (exact) mass is 210 g/mol. The summed E-state index contributed by atoms with van der Waals surface area (Å²) in [5, 5.41) is 0. The zero-order valence-corrected chi connectivity index (χ0v) is 11.3. The van der Waals surface area contributed by atoms with Crippen LogP contribution in [-0.4, -0.2) is 16.0 Å². The first-order chi connectivity index (χ1) is 6.90. The highest BCUT2D eigenvalue weighted by molar-refractivity contribution is 4.99. The van der Waals surface area contributed by atoms with Gasteiger partial charge in [0.05, 0.1) is 0 Å². The molecule has 0 aromatic heterocycles. The lowest BCUT2D eigenvalue weighted by Crippen LogP contribution is -2.56. The van der Waals surface area contributed by atoms with Crippen molar-refractivity contribution in [3.63, 3.8) is 0 Å². The van der Waals surface area contributed by atoms with Crippen molar-refractivity contribution < 1.29 is 0 Å². The second-order valence-electron chi connectivity index (χ2n) is 6.17. The van der Waals surface area contributed by atoms with Crippen LogP contribution in [-0.2, 0) is 0 Å².